The second-order valence-corrected chi connectivity index (χ2v) is 2.79. The zero-order chi connectivity index (χ0) is 7.94. The van der Waals surface area contributed by atoms with Crippen LogP contribution in [0.25, 0.3) is 0 Å². The van der Waals surface area contributed by atoms with Crippen molar-refractivity contribution in [2.24, 2.45) is 0 Å². The summed E-state index contributed by atoms with van der Waals surface area (Å²) >= 11 is 0. The maximum atomic E-state index is 10.2. The average molecular weight is 156 g/mol. The van der Waals surface area contributed by atoms with Crippen LogP contribution in [0.1, 0.15) is 32.1 Å². The van der Waals surface area contributed by atoms with E-state index in [-0.39, 0.29) is 0 Å². The van der Waals surface area contributed by atoms with E-state index in [0.717, 1.165) is 12.8 Å². The lowest BCUT2D eigenvalue weighted by Gasteiger charge is -2.13. The van der Waals surface area contributed by atoms with Gasteiger partial charge in [0.2, 0.25) is 0 Å². The number of nitrogens with zero attached hydrogens (tertiary/aromatic N) is 1. The number of rotatable bonds is 1. The Morgan fingerprint density at radius 2 is 1.82 bits per heavy atom. The van der Waals surface area contributed by atoms with Crippen LogP contribution in [-0.4, -0.2) is 24.6 Å². The monoisotopic (exact) mass is 156 g/mol. The molecule has 0 aromatic heterocycles. The molecule has 0 bridgehead atoms. The van der Waals surface area contributed by atoms with Crippen molar-refractivity contribution in [3.05, 3.63) is 0 Å². The molecule has 1 heterocycles. The van der Waals surface area contributed by atoms with Crippen LogP contribution in [0.3, 0.4) is 0 Å². The summed E-state index contributed by atoms with van der Waals surface area (Å²) in [5.74, 6) is 0. The normalized spacial score (nSPS) is 21.6. The predicted octanol–water partition coefficient (Wildman–Crippen LogP) is 1.25. The van der Waals surface area contributed by atoms with E-state index in [2.05, 4.69) is 0 Å². The quantitative estimate of drug-likeness (QED) is 0.572. The molecule has 0 saturated carbocycles. The summed E-state index contributed by atoms with van der Waals surface area (Å²) in [6, 6.07) is 0. The molecule has 0 spiro atoms. The van der Waals surface area contributed by atoms with Gasteiger partial charge in [-0.2, -0.15) is 0 Å². The highest BCUT2D eigenvalue weighted by Gasteiger charge is 2.04. The lowest BCUT2D eigenvalue weighted by molar-refractivity contribution is -0.0998. The maximum absolute atomic E-state index is 10.2. The molecule has 11 heavy (non-hydrogen) atoms. The number of carbonyl (C=O) groups excluding carboxylic acids is 1. The van der Waals surface area contributed by atoms with Crippen LogP contribution in [0, 0.1) is 0 Å². The van der Waals surface area contributed by atoms with Crippen LogP contribution in [0.4, 0.5) is 0 Å². The minimum absolute atomic E-state index is 0.662. The molecule has 0 aliphatic carbocycles. The summed E-state index contributed by atoms with van der Waals surface area (Å²) in [7, 11) is 0. The number of amides is 1. The molecule has 0 unspecified atom stereocenters. The molecule has 1 saturated heterocycles. The highest BCUT2D eigenvalue weighted by atomic mass is 16.7. The molecular weight excluding hydrogens is 142 g/mol. The highest BCUT2D eigenvalue weighted by Crippen LogP contribution is 2.07. The molecule has 1 aliphatic heterocycles. The van der Waals surface area contributed by atoms with Gasteiger partial charge in [-0.15, -0.1) is 0 Å². The smallest absolute Gasteiger partial charge is 0.271 e. The van der Waals surface area contributed by atoms with Crippen molar-refractivity contribution < 1.29 is 9.63 Å². The largest absolute Gasteiger partial charge is 0.337 e. The van der Waals surface area contributed by atoms with Gasteiger partial charge in [0.1, 0.15) is 0 Å². The van der Waals surface area contributed by atoms with Crippen LogP contribution in [0.15, 0.2) is 0 Å². The van der Waals surface area contributed by atoms with Crippen molar-refractivity contribution in [1.82, 2.24) is 5.06 Å². The molecule has 1 amide bonds. The minimum Gasteiger partial charge on any atom is -0.271 e. The van der Waals surface area contributed by atoms with Gasteiger partial charge in [0, 0.05) is 6.54 Å². The first-order valence-electron chi connectivity index (χ1n) is 4.22. The lowest BCUT2D eigenvalue weighted by Crippen LogP contribution is -2.23. The number of hydrogen-bond donors (Lipinski definition) is 0. The summed E-state index contributed by atoms with van der Waals surface area (Å²) in [6.07, 6.45) is 7.52. The Kier molecular flexibility index (Phi) is 3.98. The molecule has 1 fully saturated rings. The first kappa shape index (κ1) is 8.53. The molecule has 0 N–H and O–H groups in total. The van der Waals surface area contributed by atoms with Crippen molar-refractivity contribution in [2.45, 2.75) is 32.1 Å². The zero-order valence-electron chi connectivity index (χ0n) is 6.71. The van der Waals surface area contributed by atoms with Gasteiger partial charge in [-0.25, -0.2) is 5.06 Å². The van der Waals surface area contributed by atoms with Crippen LogP contribution in [0.2, 0.25) is 0 Å². The summed E-state index contributed by atoms with van der Waals surface area (Å²) in [5.41, 5.74) is 0. The zero-order valence-corrected chi connectivity index (χ0v) is 6.71. The molecule has 1 aliphatic rings. The molecule has 3 nitrogen and oxygen atoms in total. The molecule has 63 valence electrons. The van der Waals surface area contributed by atoms with Gasteiger partial charge in [0.25, 0.3) is 0 Å². The molecule has 3 heteroatoms. The first-order valence-corrected chi connectivity index (χ1v) is 4.22. The van der Waals surface area contributed by atoms with Gasteiger partial charge in [-0.05, 0) is 12.8 Å². The van der Waals surface area contributed by atoms with E-state index in [9.17, 15) is 4.79 Å². The van der Waals surface area contributed by atoms with Crippen molar-refractivity contribution in [2.75, 3.05) is 13.2 Å². The predicted molar refractivity (Wildman–Crippen MR) is 41.4 cm³/mol. The Labute approximate surface area is 67.3 Å². The molecule has 0 aromatic carbocycles. The van der Waals surface area contributed by atoms with Crippen molar-refractivity contribution in [1.29, 1.82) is 0 Å². The first-order chi connectivity index (χ1) is 5.43. The third-order valence-corrected chi connectivity index (χ3v) is 1.85. The topological polar surface area (TPSA) is 29.5 Å². The highest BCUT2D eigenvalue weighted by molar-refractivity contribution is 5.45. The van der Waals surface area contributed by atoms with Gasteiger partial charge in [0.05, 0.1) is 6.61 Å². The summed E-state index contributed by atoms with van der Waals surface area (Å²) in [5, 5.41) is 1.28. The van der Waals surface area contributed by atoms with E-state index in [1.165, 1.54) is 24.3 Å². The van der Waals surface area contributed by atoms with Crippen LogP contribution < -0.4 is 0 Å². The van der Waals surface area contributed by atoms with Crippen LogP contribution in [0.5, 0.6) is 0 Å². The molecular formula is C8H14NO2. The summed E-state index contributed by atoms with van der Waals surface area (Å²) in [4.78, 5) is 15.3. The van der Waals surface area contributed by atoms with E-state index >= 15 is 0 Å². The molecule has 1 rings (SSSR count). The van der Waals surface area contributed by atoms with E-state index in [0.29, 0.717) is 13.2 Å². The minimum atomic E-state index is 0.662. The van der Waals surface area contributed by atoms with Crippen molar-refractivity contribution in [3.63, 3.8) is 0 Å². The Morgan fingerprint density at radius 3 is 2.64 bits per heavy atom. The second kappa shape index (κ2) is 5.13. The molecule has 0 atom stereocenters. The summed E-state index contributed by atoms with van der Waals surface area (Å²) < 4.78 is 0. The van der Waals surface area contributed by atoms with Gasteiger partial charge in [-0.1, -0.05) is 19.3 Å². The summed E-state index contributed by atoms with van der Waals surface area (Å²) in [6.45, 7) is 1.36. The third kappa shape index (κ3) is 3.37. The molecule has 0 aromatic rings. The van der Waals surface area contributed by atoms with E-state index in [1.54, 1.807) is 6.41 Å². The lowest BCUT2D eigenvalue weighted by atomic mass is 10.1. The van der Waals surface area contributed by atoms with Gasteiger partial charge < -0.3 is 0 Å². The number of hydroxylamine groups is 2. The molecule has 1 radical (unpaired) electrons. The van der Waals surface area contributed by atoms with Gasteiger partial charge in [0.15, 0.2) is 0 Å². The fourth-order valence-electron chi connectivity index (χ4n) is 1.20. The van der Waals surface area contributed by atoms with Crippen molar-refractivity contribution in [3.8, 4) is 0 Å². The fraction of sp³-hybridized carbons (Fsp3) is 0.875. The Hall–Kier alpha value is -0.570. The average Bonchev–Trinajstić information content (AvgIpc) is 2.16. The fourth-order valence-corrected chi connectivity index (χ4v) is 1.20. The Morgan fingerprint density at radius 1 is 1.09 bits per heavy atom. The van der Waals surface area contributed by atoms with Crippen molar-refractivity contribution >= 4 is 6.41 Å². The Balaban J connectivity index is 2.24. The Bertz CT molecular complexity index is 107. The van der Waals surface area contributed by atoms with E-state index in [1.807, 2.05) is 0 Å². The SMILES string of the molecule is O=[C]N1CCCCCCCO1. The van der Waals surface area contributed by atoms with E-state index in [4.69, 9.17) is 4.84 Å². The van der Waals surface area contributed by atoms with Crippen LogP contribution >= 0.6 is 0 Å². The standard InChI is InChI=1S/C8H14NO2/c10-8-9-6-4-2-1-3-5-7-11-9/h1-7H2. The van der Waals surface area contributed by atoms with Crippen LogP contribution in [-0.2, 0) is 9.63 Å². The van der Waals surface area contributed by atoms with Gasteiger partial charge in [-0.3, -0.25) is 9.63 Å². The van der Waals surface area contributed by atoms with Gasteiger partial charge >= 0.3 is 6.41 Å². The number of hydrogen-bond acceptors (Lipinski definition) is 2. The second-order valence-electron chi connectivity index (χ2n) is 2.79. The maximum Gasteiger partial charge on any atom is 0.337 e. The van der Waals surface area contributed by atoms with E-state index < -0.39 is 0 Å². The third-order valence-electron chi connectivity index (χ3n) is 1.85.